The molecule has 246 valence electrons. The van der Waals surface area contributed by atoms with Crippen molar-refractivity contribution in [3.63, 3.8) is 0 Å². The molecule has 12 nitrogen and oxygen atoms in total. The molecule has 1 aromatic heterocycles. The molecular formula is C34H39NO11. The number of hydrogen-bond donors (Lipinski definition) is 2. The molecule has 12 heteroatoms. The van der Waals surface area contributed by atoms with Gasteiger partial charge in [-0.3, -0.25) is 14.6 Å². The van der Waals surface area contributed by atoms with Gasteiger partial charge in [-0.1, -0.05) is 30.3 Å². The fraction of sp³-hybridized carbons (Fsp3) is 0.500. The van der Waals surface area contributed by atoms with Crippen molar-refractivity contribution in [1.82, 2.24) is 4.98 Å². The Morgan fingerprint density at radius 2 is 1.72 bits per heavy atom. The first-order valence-corrected chi connectivity index (χ1v) is 15.1. The molecular weight excluding hydrogens is 598 g/mol. The summed E-state index contributed by atoms with van der Waals surface area (Å²) in [6.07, 6.45) is -0.291. The predicted octanol–water partition coefficient (Wildman–Crippen LogP) is 2.80. The van der Waals surface area contributed by atoms with E-state index in [-0.39, 0.29) is 18.4 Å². The lowest BCUT2D eigenvalue weighted by atomic mass is 9.46. The summed E-state index contributed by atoms with van der Waals surface area (Å²) in [5, 5.41) is 24.4. The van der Waals surface area contributed by atoms with Crippen LogP contribution in [0.2, 0.25) is 0 Å². The SMILES string of the molecule is CC(=O)OC[C@@]12[C@@H](OC(=O)/C=C\c3ccccc3)CC[C@](C)(O)[C@]13OC(C)(C)[C@@H](C3O)[C@@H](OC(C)=O)[C@H]2OC(=O)c1cccnc1. The molecule has 2 aliphatic carbocycles. The van der Waals surface area contributed by atoms with Gasteiger partial charge in [0.1, 0.15) is 29.8 Å². The third-order valence-corrected chi connectivity index (χ3v) is 9.52. The number of benzene rings is 1. The van der Waals surface area contributed by atoms with E-state index in [0.717, 1.165) is 12.5 Å². The van der Waals surface area contributed by atoms with Gasteiger partial charge >= 0.3 is 23.9 Å². The van der Waals surface area contributed by atoms with Crippen molar-refractivity contribution >= 4 is 30.0 Å². The number of carbonyl (C=O) groups excluding carboxylic acids is 4. The fourth-order valence-electron chi connectivity index (χ4n) is 7.76. The van der Waals surface area contributed by atoms with E-state index in [9.17, 15) is 29.4 Å². The van der Waals surface area contributed by atoms with Crippen molar-refractivity contribution in [2.75, 3.05) is 6.61 Å². The molecule has 0 radical (unpaired) electrons. The third kappa shape index (κ3) is 5.48. The summed E-state index contributed by atoms with van der Waals surface area (Å²) >= 11 is 0. The molecule has 2 N–H and O–H groups in total. The van der Waals surface area contributed by atoms with Gasteiger partial charge in [-0.25, -0.2) is 9.59 Å². The molecule has 1 unspecified atom stereocenters. The van der Waals surface area contributed by atoms with Crippen molar-refractivity contribution in [2.45, 2.75) is 88.7 Å². The molecule has 0 amide bonds. The summed E-state index contributed by atoms with van der Waals surface area (Å²) in [5.41, 5.74) is -6.39. The molecule has 2 aromatic rings. The number of aliphatic hydroxyl groups excluding tert-OH is 1. The topological polar surface area (TPSA) is 168 Å². The minimum atomic E-state index is -2.05. The van der Waals surface area contributed by atoms with Crippen molar-refractivity contribution in [3.8, 4) is 0 Å². The molecule has 8 atom stereocenters. The first-order chi connectivity index (χ1) is 21.7. The van der Waals surface area contributed by atoms with Gasteiger partial charge in [0.05, 0.1) is 28.8 Å². The smallest absolute Gasteiger partial charge is 0.340 e. The Morgan fingerprint density at radius 1 is 1.00 bits per heavy atom. The van der Waals surface area contributed by atoms with E-state index in [0.29, 0.717) is 0 Å². The summed E-state index contributed by atoms with van der Waals surface area (Å²) < 4.78 is 30.4. The van der Waals surface area contributed by atoms with Crippen LogP contribution in [-0.4, -0.2) is 86.9 Å². The highest BCUT2D eigenvalue weighted by Gasteiger charge is 2.86. The number of esters is 4. The summed E-state index contributed by atoms with van der Waals surface area (Å²) in [4.78, 5) is 56.2. The minimum absolute atomic E-state index is 0.0173. The fourth-order valence-corrected chi connectivity index (χ4v) is 7.76. The number of ether oxygens (including phenoxy) is 5. The van der Waals surface area contributed by atoms with Crippen molar-refractivity contribution < 1.29 is 53.1 Å². The normalized spacial score (nSPS) is 34.3. The molecule has 1 aromatic carbocycles. The molecule has 1 saturated heterocycles. The van der Waals surface area contributed by atoms with Crippen LogP contribution in [-0.2, 0) is 38.1 Å². The molecule has 1 aliphatic heterocycles. The van der Waals surface area contributed by atoms with E-state index in [1.165, 1.54) is 44.4 Å². The zero-order chi connectivity index (χ0) is 33.5. The predicted molar refractivity (Wildman–Crippen MR) is 161 cm³/mol. The highest BCUT2D eigenvalue weighted by atomic mass is 16.6. The minimum Gasteiger partial charge on any atom is -0.465 e. The number of nitrogens with zero attached hydrogens (tertiary/aromatic N) is 1. The maximum atomic E-state index is 13.7. The summed E-state index contributed by atoms with van der Waals surface area (Å²) in [5.74, 6) is -4.19. The van der Waals surface area contributed by atoms with Crippen LogP contribution in [0.1, 0.15) is 63.4 Å². The Bertz CT molecular complexity index is 1510. The van der Waals surface area contributed by atoms with Gasteiger partial charge in [-0.2, -0.15) is 0 Å². The highest BCUT2D eigenvalue weighted by Crippen LogP contribution is 2.68. The van der Waals surface area contributed by atoms with Crippen LogP contribution in [0.15, 0.2) is 60.9 Å². The van der Waals surface area contributed by atoms with Gasteiger partial charge in [0.2, 0.25) is 0 Å². The second-order valence-corrected chi connectivity index (χ2v) is 12.9. The molecule has 46 heavy (non-hydrogen) atoms. The number of carbonyl (C=O) groups is 4. The molecule has 5 rings (SSSR count). The summed E-state index contributed by atoms with van der Waals surface area (Å²) in [7, 11) is 0. The molecule has 3 fully saturated rings. The van der Waals surface area contributed by atoms with Crippen LogP contribution in [0.3, 0.4) is 0 Å². The van der Waals surface area contributed by atoms with Gasteiger partial charge in [-0.05, 0) is 57.4 Å². The highest BCUT2D eigenvalue weighted by molar-refractivity contribution is 5.89. The summed E-state index contributed by atoms with van der Waals surface area (Å²) in [6, 6.07) is 12.0. The molecule has 2 bridgehead atoms. The van der Waals surface area contributed by atoms with Gasteiger partial charge in [0.25, 0.3) is 0 Å². The van der Waals surface area contributed by atoms with Gasteiger partial charge in [0, 0.05) is 32.3 Å². The maximum absolute atomic E-state index is 13.7. The lowest BCUT2D eigenvalue weighted by Gasteiger charge is -2.65. The first-order valence-electron chi connectivity index (χ1n) is 15.1. The average molecular weight is 638 g/mol. The number of rotatable bonds is 8. The Kier molecular flexibility index (Phi) is 8.84. The largest absolute Gasteiger partial charge is 0.465 e. The lowest BCUT2D eigenvalue weighted by molar-refractivity contribution is -0.348. The maximum Gasteiger partial charge on any atom is 0.340 e. The Labute approximate surface area is 266 Å². The number of fused-ring (bicyclic) bond motifs is 1. The molecule has 1 spiro atoms. The van der Waals surface area contributed by atoms with Crippen molar-refractivity contribution in [1.29, 1.82) is 0 Å². The van der Waals surface area contributed by atoms with Crippen LogP contribution >= 0.6 is 0 Å². The van der Waals surface area contributed by atoms with Gasteiger partial charge < -0.3 is 33.9 Å². The Hall–Kier alpha value is -4.13. The van der Waals surface area contributed by atoms with E-state index in [4.69, 9.17) is 23.7 Å². The number of aromatic nitrogens is 1. The lowest BCUT2D eigenvalue weighted by Crippen LogP contribution is -2.83. The monoisotopic (exact) mass is 637 g/mol. The second kappa shape index (κ2) is 12.2. The second-order valence-electron chi connectivity index (χ2n) is 12.9. The zero-order valence-electron chi connectivity index (χ0n) is 26.4. The Balaban J connectivity index is 1.72. The van der Waals surface area contributed by atoms with Crippen LogP contribution in [0.25, 0.3) is 6.08 Å². The van der Waals surface area contributed by atoms with Crippen molar-refractivity contribution in [3.05, 3.63) is 72.1 Å². The quantitative estimate of drug-likeness (QED) is 0.247. The first kappa shape index (κ1) is 33.2. The summed E-state index contributed by atoms with van der Waals surface area (Å²) in [6.45, 7) is 6.47. The van der Waals surface area contributed by atoms with Gasteiger partial charge in [-0.15, -0.1) is 0 Å². The Morgan fingerprint density at radius 3 is 2.35 bits per heavy atom. The molecule has 2 saturated carbocycles. The number of pyridine rings is 1. The van der Waals surface area contributed by atoms with Crippen LogP contribution in [0, 0.1) is 11.3 Å². The van der Waals surface area contributed by atoms with Gasteiger partial charge in [0.15, 0.2) is 6.10 Å². The standard InChI is InChI=1S/C34H39NO11/c1-20(36)42-19-33-24(44-25(38)14-13-22-10-7-6-8-11-22)15-16-32(5,41)34(33)28(39)26(31(3,4)46-34)27(43-21(2)37)29(33)45-30(40)23-12-9-17-35-18-23/h6-14,17-18,24,26-29,39,41H,15-16,19H2,1-5H3/b14-13-/t24-,26+,27+,28?,29+,32-,33-,34-/m0/s1. The van der Waals surface area contributed by atoms with E-state index in [1.807, 2.05) is 18.2 Å². The van der Waals surface area contributed by atoms with Crippen LogP contribution < -0.4 is 0 Å². The van der Waals surface area contributed by atoms with E-state index >= 15 is 0 Å². The van der Waals surface area contributed by atoms with E-state index < -0.39 is 83.0 Å². The van der Waals surface area contributed by atoms with Crippen molar-refractivity contribution in [2.24, 2.45) is 11.3 Å². The molecule has 2 heterocycles. The average Bonchev–Trinajstić information content (AvgIpc) is 3.18. The third-order valence-electron chi connectivity index (χ3n) is 9.52. The number of hydrogen-bond acceptors (Lipinski definition) is 12. The van der Waals surface area contributed by atoms with Crippen LogP contribution in [0.5, 0.6) is 0 Å². The zero-order valence-corrected chi connectivity index (χ0v) is 26.4. The molecule has 3 aliphatic rings. The van der Waals surface area contributed by atoms with E-state index in [1.54, 1.807) is 32.1 Å². The van der Waals surface area contributed by atoms with E-state index in [2.05, 4.69) is 4.98 Å². The number of aliphatic hydroxyl groups is 2. The van der Waals surface area contributed by atoms with Crippen LogP contribution in [0.4, 0.5) is 0 Å².